The molecule has 3 N–H and O–H groups in total. The van der Waals surface area contributed by atoms with Crippen molar-refractivity contribution in [2.45, 2.75) is 25.2 Å². The number of aliphatic carboxylic acids is 2. The smallest absolute Gasteiger partial charge is 0.414 e. The summed E-state index contributed by atoms with van der Waals surface area (Å²) in [5.74, 6) is -2.32. The van der Waals surface area contributed by atoms with E-state index in [1.165, 1.54) is 0 Å². The molecule has 0 atom stereocenters. The number of carbonyl (C=O) groups is 3. The van der Waals surface area contributed by atoms with E-state index in [-0.39, 0.29) is 5.97 Å². The maximum Gasteiger partial charge on any atom is 0.414 e. The second-order valence-electron chi connectivity index (χ2n) is 6.57. The minimum absolute atomic E-state index is 0.157. The number of carboxylic acids is 2. The van der Waals surface area contributed by atoms with Crippen molar-refractivity contribution >= 4 is 17.9 Å². The van der Waals surface area contributed by atoms with Gasteiger partial charge in [-0.3, -0.25) is 4.79 Å². The van der Waals surface area contributed by atoms with Gasteiger partial charge in [0.25, 0.3) is 0 Å². The fraction of sp³-hybridized carbons (Fsp3) is 0.318. The Morgan fingerprint density at radius 3 is 2.07 bits per heavy atom. The fourth-order valence-corrected chi connectivity index (χ4v) is 3.27. The molecule has 0 aromatic heterocycles. The zero-order chi connectivity index (χ0) is 22.0. The molecular formula is C22H25NO7. The van der Waals surface area contributed by atoms with E-state index in [0.29, 0.717) is 19.4 Å². The first-order valence-corrected chi connectivity index (χ1v) is 9.57. The Hall–Kier alpha value is -3.39. The van der Waals surface area contributed by atoms with Crippen LogP contribution in [0.2, 0.25) is 0 Å². The molecule has 30 heavy (non-hydrogen) atoms. The summed E-state index contributed by atoms with van der Waals surface area (Å²) in [4.78, 5) is 31.0. The van der Waals surface area contributed by atoms with E-state index in [2.05, 4.69) is 5.32 Å². The molecule has 0 spiro atoms. The highest BCUT2D eigenvalue weighted by Gasteiger charge is 2.44. The van der Waals surface area contributed by atoms with Crippen molar-refractivity contribution in [2.24, 2.45) is 0 Å². The van der Waals surface area contributed by atoms with Crippen LogP contribution >= 0.6 is 0 Å². The Morgan fingerprint density at radius 2 is 1.50 bits per heavy atom. The lowest BCUT2D eigenvalue weighted by atomic mass is 9.72. The van der Waals surface area contributed by atoms with E-state index in [1.807, 2.05) is 61.5 Å². The number of benzene rings is 2. The molecule has 0 amide bonds. The molecule has 0 unspecified atom stereocenters. The number of carboxylic acid groups (broad SMARTS) is 2. The summed E-state index contributed by atoms with van der Waals surface area (Å²) in [7, 11) is 0. The van der Waals surface area contributed by atoms with E-state index < -0.39 is 17.4 Å². The van der Waals surface area contributed by atoms with E-state index in [4.69, 9.17) is 29.3 Å². The zero-order valence-electron chi connectivity index (χ0n) is 16.7. The van der Waals surface area contributed by atoms with Crippen LogP contribution in [0.5, 0.6) is 11.5 Å². The second-order valence-corrected chi connectivity index (χ2v) is 6.57. The van der Waals surface area contributed by atoms with Gasteiger partial charge >= 0.3 is 17.9 Å². The van der Waals surface area contributed by atoms with E-state index in [1.54, 1.807) is 0 Å². The van der Waals surface area contributed by atoms with Gasteiger partial charge in [-0.1, -0.05) is 36.4 Å². The molecular weight excluding hydrogens is 390 g/mol. The lowest BCUT2D eigenvalue weighted by Crippen LogP contribution is -2.46. The molecule has 1 fully saturated rings. The van der Waals surface area contributed by atoms with Crippen molar-refractivity contribution in [2.75, 3.05) is 19.7 Å². The first kappa shape index (κ1) is 22.9. The average Bonchev–Trinajstić information content (AvgIpc) is 2.76. The molecule has 1 heterocycles. The van der Waals surface area contributed by atoms with E-state index in [0.717, 1.165) is 30.2 Å². The van der Waals surface area contributed by atoms with Crippen molar-refractivity contribution in [3.63, 3.8) is 0 Å². The molecule has 0 aliphatic carbocycles. The molecule has 0 radical (unpaired) electrons. The molecule has 3 rings (SSSR count). The highest BCUT2D eigenvalue weighted by molar-refractivity contribution is 6.27. The topological polar surface area (TPSA) is 122 Å². The first-order chi connectivity index (χ1) is 14.4. The number of para-hydroxylation sites is 2. The Morgan fingerprint density at radius 1 is 0.933 bits per heavy atom. The lowest BCUT2D eigenvalue weighted by molar-refractivity contribution is -0.159. The van der Waals surface area contributed by atoms with Crippen LogP contribution in [0.15, 0.2) is 54.6 Å². The Balaban J connectivity index is 0.000000469. The summed E-state index contributed by atoms with van der Waals surface area (Å²) < 4.78 is 11.5. The van der Waals surface area contributed by atoms with Gasteiger partial charge in [0.2, 0.25) is 0 Å². The summed E-state index contributed by atoms with van der Waals surface area (Å²) >= 11 is 0. The highest BCUT2D eigenvalue weighted by Crippen LogP contribution is 2.41. The van der Waals surface area contributed by atoms with Crippen LogP contribution in [0, 0.1) is 0 Å². The molecule has 8 nitrogen and oxygen atoms in total. The predicted molar refractivity (Wildman–Crippen MR) is 109 cm³/mol. The van der Waals surface area contributed by atoms with Gasteiger partial charge in [0.05, 0.1) is 12.0 Å². The van der Waals surface area contributed by atoms with Gasteiger partial charge in [-0.15, -0.1) is 0 Å². The van der Waals surface area contributed by atoms with Gasteiger partial charge in [-0.05, 0) is 51.1 Å². The SMILES string of the molecule is CCOC(=O)C1(c2ccccc2Oc2ccccc2)CCNCC1.O=C(O)C(=O)O. The van der Waals surface area contributed by atoms with Crippen molar-refractivity contribution in [3.8, 4) is 11.5 Å². The number of rotatable bonds is 5. The van der Waals surface area contributed by atoms with Crippen LogP contribution in [0.1, 0.15) is 25.3 Å². The third-order valence-electron chi connectivity index (χ3n) is 4.68. The van der Waals surface area contributed by atoms with Crippen LogP contribution in [0.4, 0.5) is 0 Å². The molecule has 1 saturated heterocycles. The van der Waals surface area contributed by atoms with Gasteiger partial charge in [-0.25, -0.2) is 9.59 Å². The van der Waals surface area contributed by atoms with Crippen molar-refractivity contribution in [1.82, 2.24) is 5.32 Å². The Kier molecular flexibility index (Phi) is 8.37. The molecule has 160 valence electrons. The third-order valence-corrected chi connectivity index (χ3v) is 4.68. The van der Waals surface area contributed by atoms with Crippen LogP contribution in [0.3, 0.4) is 0 Å². The maximum atomic E-state index is 12.8. The average molecular weight is 415 g/mol. The van der Waals surface area contributed by atoms with Crippen molar-refractivity contribution in [1.29, 1.82) is 0 Å². The highest BCUT2D eigenvalue weighted by atomic mass is 16.5. The largest absolute Gasteiger partial charge is 0.473 e. The van der Waals surface area contributed by atoms with Crippen molar-refractivity contribution < 1.29 is 34.1 Å². The van der Waals surface area contributed by atoms with Crippen molar-refractivity contribution in [3.05, 3.63) is 60.2 Å². The molecule has 0 bridgehead atoms. The monoisotopic (exact) mass is 415 g/mol. The minimum atomic E-state index is -1.82. The minimum Gasteiger partial charge on any atom is -0.473 e. The molecule has 8 heteroatoms. The summed E-state index contributed by atoms with van der Waals surface area (Å²) in [5, 5.41) is 18.1. The molecule has 1 aliphatic heterocycles. The third kappa shape index (κ3) is 5.81. The van der Waals surface area contributed by atoms with Gasteiger partial charge in [0.1, 0.15) is 11.5 Å². The maximum absolute atomic E-state index is 12.8. The standard InChI is InChI=1S/C20H23NO3.C2H2O4/c1-2-23-19(22)20(12-14-21-15-13-20)17-10-6-7-11-18(17)24-16-8-4-3-5-9-16;3-1(4)2(5)6/h3-11,21H,2,12-15H2,1H3;(H,3,4)(H,5,6). The lowest BCUT2D eigenvalue weighted by Gasteiger charge is -2.36. The Labute approximate surface area is 174 Å². The number of nitrogens with one attached hydrogen (secondary N) is 1. The molecule has 1 aliphatic rings. The van der Waals surface area contributed by atoms with Gasteiger partial charge in [0, 0.05) is 5.56 Å². The van der Waals surface area contributed by atoms with E-state index in [9.17, 15) is 4.79 Å². The second kappa shape index (κ2) is 11.0. The summed E-state index contributed by atoms with van der Waals surface area (Å²) in [6.07, 6.45) is 1.42. The number of hydrogen-bond acceptors (Lipinski definition) is 6. The number of ether oxygens (including phenoxy) is 2. The zero-order valence-corrected chi connectivity index (χ0v) is 16.7. The predicted octanol–water partition coefficient (Wildman–Crippen LogP) is 2.82. The quantitative estimate of drug-likeness (QED) is 0.503. The molecule has 0 saturated carbocycles. The summed E-state index contributed by atoms with van der Waals surface area (Å²) in [6.45, 7) is 3.81. The van der Waals surface area contributed by atoms with Crippen LogP contribution in [-0.4, -0.2) is 47.8 Å². The van der Waals surface area contributed by atoms with Crippen LogP contribution in [-0.2, 0) is 24.5 Å². The van der Waals surface area contributed by atoms with Gasteiger partial charge in [-0.2, -0.15) is 0 Å². The number of hydrogen-bond donors (Lipinski definition) is 3. The van der Waals surface area contributed by atoms with Crippen LogP contribution < -0.4 is 10.1 Å². The number of esters is 1. The Bertz CT molecular complexity index is 849. The molecule has 2 aromatic carbocycles. The van der Waals surface area contributed by atoms with Crippen LogP contribution in [0.25, 0.3) is 0 Å². The summed E-state index contributed by atoms with van der Waals surface area (Å²) in [5.41, 5.74) is 0.265. The summed E-state index contributed by atoms with van der Waals surface area (Å²) in [6, 6.07) is 17.4. The fourth-order valence-electron chi connectivity index (χ4n) is 3.27. The number of carbonyl (C=O) groups excluding carboxylic acids is 1. The van der Waals surface area contributed by atoms with Gasteiger partial charge < -0.3 is 25.0 Å². The normalized spacial score (nSPS) is 14.6. The van der Waals surface area contributed by atoms with E-state index >= 15 is 0 Å². The number of piperidine rings is 1. The first-order valence-electron chi connectivity index (χ1n) is 9.57. The molecule has 2 aromatic rings. The van der Waals surface area contributed by atoms with Gasteiger partial charge in [0.15, 0.2) is 0 Å².